The van der Waals surface area contributed by atoms with Crippen molar-refractivity contribution in [3.63, 3.8) is 0 Å². The molecule has 0 aromatic carbocycles. The zero-order chi connectivity index (χ0) is 20.9. The van der Waals surface area contributed by atoms with Crippen LogP contribution in [0.2, 0.25) is 81.9 Å². The Balaban J connectivity index is 6.53. The maximum Gasteiger partial charge on any atom is 0.0850 e. The maximum absolute atomic E-state index is 6.57. The molecule has 0 aliphatic carbocycles. The zero-order valence-electron chi connectivity index (χ0n) is 20.1. The van der Waals surface area contributed by atoms with E-state index in [1.807, 2.05) is 0 Å². The number of hydrogen-bond donors (Lipinski definition) is 0. The van der Waals surface area contributed by atoms with Crippen LogP contribution in [0.15, 0.2) is 0 Å². The highest BCUT2D eigenvalue weighted by Gasteiger charge is 2.52. The highest BCUT2D eigenvalue weighted by Crippen LogP contribution is 2.17. The summed E-state index contributed by atoms with van der Waals surface area (Å²) >= 11 is 0. The van der Waals surface area contributed by atoms with E-state index in [4.69, 9.17) is 15.5 Å². The molecule has 0 saturated carbocycles. The summed E-state index contributed by atoms with van der Waals surface area (Å²) in [7, 11) is 13.1. The maximum atomic E-state index is 6.57. The molecular weight excluding hydrogens is 296 g/mol. The second kappa shape index (κ2) is 11.8. The Hall–Kier alpha value is 0.909. The molecule has 0 fully saturated rings. The van der Waals surface area contributed by atoms with Crippen LogP contribution < -0.4 is 0 Å². The highest BCUT2D eigenvalue weighted by molar-refractivity contribution is 8.16. The highest BCUT2D eigenvalue weighted by atomic mass is 13.5. The molecule has 0 aromatic rings. The van der Waals surface area contributed by atoms with Crippen LogP contribution in [0.1, 0.15) is 0 Å². The van der Waals surface area contributed by atoms with Gasteiger partial charge in [-0.25, -0.2) is 0 Å². The average molecular weight is 332 g/mol. The lowest BCUT2D eigenvalue weighted by Gasteiger charge is -2.45. The fourth-order valence-corrected chi connectivity index (χ4v) is 6.52. The predicted molar refractivity (Wildman–Crippen MR) is 151 cm³/mol. The summed E-state index contributed by atoms with van der Waals surface area (Å²) in [6.07, 6.45) is 2.51. The second-order valence-corrected chi connectivity index (χ2v) is 10.9. The molecule has 0 atom stereocenters. The third kappa shape index (κ3) is 7.06. The van der Waals surface area contributed by atoms with E-state index >= 15 is 0 Å². The van der Waals surface area contributed by atoms with Crippen molar-refractivity contribution in [1.29, 1.82) is 0 Å². The first kappa shape index (κ1) is 26.9. The van der Waals surface area contributed by atoms with Crippen molar-refractivity contribution in [1.82, 2.24) is 0 Å². The van der Waals surface area contributed by atoms with Gasteiger partial charge in [-0.1, -0.05) is 81.9 Å². The van der Waals surface area contributed by atoms with Crippen molar-refractivity contribution in [2.24, 2.45) is 0 Å². The van der Waals surface area contributed by atoms with Gasteiger partial charge >= 0.3 is 0 Å². The van der Waals surface area contributed by atoms with Crippen molar-refractivity contribution < 1.29 is 0 Å². The van der Waals surface area contributed by atoms with E-state index < -0.39 is 0 Å². The second-order valence-electron chi connectivity index (χ2n) is 10.9. The monoisotopic (exact) mass is 334 g/mol. The molecule has 0 nitrogen and oxygen atoms in total. The van der Waals surface area contributed by atoms with E-state index in [9.17, 15) is 0 Å². The summed E-state index contributed by atoms with van der Waals surface area (Å²) in [5.41, 5.74) is 0. The van der Waals surface area contributed by atoms with Crippen LogP contribution in [0.25, 0.3) is 0 Å². The Morgan fingerprint density at radius 1 is 0.308 bits per heavy atom. The van der Waals surface area contributed by atoms with E-state index in [0.29, 0.717) is 71.5 Å². The molecule has 0 N–H and O–H groups in total. The quantitative estimate of drug-likeness (QED) is 0.505. The van der Waals surface area contributed by atoms with E-state index in [1.54, 1.807) is 0 Å². The largest absolute Gasteiger partial charge is 0.0937 e. The summed E-state index contributed by atoms with van der Waals surface area (Å²) in [5, 5.41) is 0. The fourth-order valence-electron chi connectivity index (χ4n) is 6.52. The molecule has 0 saturated heterocycles. The van der Waals surface area contributed by atoms with Gasteiger partial charge in [-0.05, 0) is 0 Å². The van der Waals surface area contributed by atoms with Gasteiger partial charge in [0.1, 0.15) is 0 Å². The molecule has 0 unspecified atom stereocenters. The summed E-state index contributed by atoms with van der Waals surface area (Å²) < 4.78 is 0. The normalized spacial score (nSPS) is 9.85. The molecule has 4 radical (unpaired) electrons. The smallest absolute Gasteiger partial charge is 0.0850 e. The Bertz CT molecular complexity index is 340. The van der Waals surface area contributed by atoms with Crippen molar-refractivity contribution in [3.05, 3.63) is 0 Å². The molecule has 0 aliphatic rings. The van der Waals surface area contributed by atoms with E-state index in [-0.39, 0.29) is 6.39 Å². The molecule has 0 spiro atoms. The SMILES string of the molecule is [B]B([B])B(B(B(C)C)B(C)C)B(B(B(C)C)B(C)C)B(B(C)C)B(C)C. The van der Waals surface area contributed by atoms with Crippen LogP contribution >= 0.6 is 0 Å². The van der Waals surface area contributed by atoms with Gasteiger partial charge in [0.25, 0.3) is 0 Å². The lowest BCUT2D eigenvalue weighted by molar-refractivity contribution is 2.04. The van der Waals surface area contributed by atoms with Gasteiger partial charge in [-0.15, -0.1) is 0 Å². The van der Waals surface area contributed by atoms with Gasteiger partial charge in [0, 0.05) is 53.8 Å². The molecule has 0 bridgehead atoms. The summed E-state index contributed by atoms with van der Waals surface area (Å²) in [5.74, 6) is 0. The number of hydrogen-bond acceptors (Lipinski definition) is 0. The molecule has 0 amide bonds. The lowest BCUT2D eigenvalue weighted by atomic mass is 8.39. The minimum absolute atomic E-state index is 0.255. The molecule has 0 aliphatic heterocycles. The first-order chi connectivity index (χ1) is 11.7. The minimum atomic E-state index is -0.255. The van der Waals surface area contributed by atoms with Gasteiger partial charge in [-0.3, -0.25) is 0 Å². The Labute approximate surface area is 175 Å². The van der Waals surface area contributed by atoms with Crippen LogP contribution in [-0.4, -0.2) is 93.4 Å². The zero-order valence-corrected chi connectivity index (χ0v) is 20.1. The third-order valence-corrected chi connectivity index (χ3v) is 6.84. The Kier molecular flexibility index (Phi) is 12.2. The van der Waals surface area contributed by atoms with Crippen LogP contribution in [0.4, 0.5) is 0 Å². The van der Waals surface area contributed by atoms with Gasteiger partial charge < -0.3 is 0 Å². The van der Waals surface area contributed by atoms with Gasteiger partial charge in [0.2, 0.25) is 0 Å². The standard InChI is InChI=1S/C12H36B14/c1-15(2)22(16(3)4)25(21(13)14)26(23(17(5)6)18(7)8)24(19(9)10)20(11)12/h1-12H3. The minimum Gasteiger partial charge on any atom is -0.0937 e. The molecule has 126 valence electrons. The Morgan fingerprint density at radius 2 is 0.500 bits per heavy atom. The summed E-state index contributed by atoms with van der Waals surface area (Å²) in [6, 6.07) is 0. The number of rotatable bonds is 11. The van der Waals surface area contributed by atoms with E-state index in [0.717, 1.165) is 0 Å². The van der Waals surface area contributed by atoms with Crippen molar-refractivity contribution in [3.8, 4) is 0 Å². The molecule has 0 aromatic heterocycles. The van der Waals surface area contributed by atoms with Crippen LogP contribution in [0.3, 0.4) is 0 Å². The fraction of sp³-hybridized carbons (Fsp3) is 1.00. The third-order valence-electron chi connectivity index (χ3n) is 6.84. The van der Waals surface area contributed by atoms with Crippen LogP contribution in [0, 0.1) is 0 Å². The summed E-state index contributed by atoms with van der Waals surface area (Å²) in [4.78, 5) is 0. The van der Waals surface area contributed by atoms with Crippen LogP contribution in [-0.2, 0) is 0 Å². The lowest BCUT2D eigenvalue weighted by Crippen LogP contribution is -2.82. The van der Waals surface area contributed by atoms with Gasteiger partial charge in [-0.2, -0.15) is 0 Å². The van der Waals surface area contributed by atoms with Crippen molar-refractivity contribution >= 4 is 93.4 Å². The average Bonchev–Trinajstić information content (AvgIpc) is 2.40. The predicted octanol–water partition coefficient (Wildman–Crippen LogP) is 1.67. The molecule has 0 rings (SSSR count). The first-order valence-corrected chi connectivity index (χ1v) is 11.3. The molecule has 0 heterocycles. The Morgan fingerprint density at radius 3 is 0.654 bits per heavy atom. The summed E-state index contributed by atoms with van der Waals surface area (Å²) in [6.45, 7) is 32.4. The van der Waals surface area contributed by atoms with E-state index in [1.165, 1.54) is 0 Å². The van der Waals surface area contributed by atoms with Crippen LogP contribution in [0.5, 0.6) is 0 Å². The molecule has 14 heteroatoms. The van der Waals surface area contributed by atoms with Gasteiger partial charge in [0.15, 0.2) is 0 Å². The van der Waals surface area contributed by atoms with E-state index in [2.05, 4.69) is 81.9 Å². The first-order valence-electron chi connectivity index (χ1n) is 11.3. The molecular formula is C12H36B14. The topological polar surface area (TPSA) is 0 Å². The van der Waals surface area contributed by atoms with Gasteiger partial charge in [0.05, 0.1) is 39.6 Å². The van der Waals surface area contributed by atoms with Crippen molar-refractivity contribution in [2.45, 2.75) is 81.9 Å². The molecule has 26 heavy (non-hydrogen) atoms. The van der Waals surface area contributed by atoms with Crippen molar-refractivity contribution in [2.75, 3.05) is 0 Å².